The lowest BCUT2D eigenvalue weighted by molar-refractivity contribution is -0.136. The van der Waals surface area contributed by atoms with Crippen molar-refractivity contribution in [2.75, 3.05) is 18.4 Å². The Morgan fingerprint density at radius 2 is 1.93 bits per heavy atom. The van der Waals surface area contributed by atoms with E-state index in [-0.39, 0.29) is 18.4 Å². The number of amides is 2. The molecule has 1 saturated heterocycles. The van der Waals surface area contributed by atoms with Gasteiger partial charge in [-0.15, -0.1) is 11.3 Å². The van der Waals surface area contributed by atoms with Crippen molar-refractivity contribution in [2.24, 2.45) is 0 Å². The van der Waals surface area contributed by atoms with Gasteiger partial charge in [0.1, 0.15) is 0 Å². The van der Waals surface area contributed by atoms with Crippen molar-refractivity contribution in [1.82, 2.24) is 9.88 Å². The average Bonchev–Trinajstić information content (AvgIpc) is 3.07. The van der Waals surface area contributed by atoms with Crippen LogP contribution in [0.3, 0.4) is 0 Å². The lowest BCUT2D eigenvalue weighted by Gasteiger charge is -2.25. The number of anilines is 1. The predicted molar refractivity (Wildman–Crippen MR) is 108 cm³/mol. The maximum Gasteiger partial charge on any atom is 0.243 e. The number of hydrogen-bond acceptors (Lipinski definition) is 4. The van der Waals surface area contributed by atoms with Gasteiger partial charge >= 0.3 is 0 Å². The van der Waals surface area contributed by atoms with Gasteiger partial charge in [-0.2, -0.15) is 0 Å². The molecule has 5 nitrogen and oxygen atoms in total. The Hall–Kier alpha value is -2.73. The Kier molecular flexibility index (Phi) is 5.16. The maximum absolute atomic E-state index is 12.2. The van der Waals surface area contributed by atoms with Crippen LogP contribution in [0.5, 0.6) is 0 Å². The molecule has 1 N–H and O–H groups in total. The Balaban J connectivity index is 1.35. The fourth-order valence-electron chi connectivity index (χ4n) is 3.28. The molecule has 0 saturated carbocycles. The number of nitrogens with one attached hydrogen (secondary N) is 1. The van der Waals surface area contributed by atoms with Gasteiger partial charge in [0.15, 0.2) is 0 Å². The van der Waals surface area contributed by atoms with E-state index in [2.05, 4.69) is 16.4 Å². The number of carbonyl (C=O) groups is 2. The van der Waals surface area contributed by atoms with Crippen molar-refractivity contribution in [1.29, 1.82) is 0 Å². The number of benzene rings is 2. The highest BCUT2D eigenvalue weighted by atomic mass is 32.1. The number of piperidine rings is 1. The van der Waals surface area contributed by atoms with E-state index < -0.39 is 0 Å². The third-order valence-corrected chi connectivity index (χ3v) is 5.72. The van der Waals surface area contributed by atoms with E-state index in [1.165, 1.54) is 4.70 Å². The number of carbonyl (C=O) groups excluding carboxylic acids is 2. The summed E-state index contributed by atoms with van der Waals surface area (Å²) in [6, 6.07) is 16.0. The smallest absolute Gasteiger partial charge is 0.243 e. The minimum atomic E-state index is -0.149. The molecule has 4 rings (SSSR count). The van der Waals surface area contributed by atoms with Crippen molar-refractivity contribution in [3.63, 3.8) is 0 Å². The molecule has 1 fully saturated rings. The van der Waals surface area contributed by atoms with E-state index in [0.717, 1.165) is 41.0 Å². The van der Waals surface area contributed by atoms with E-state index in [1.807, 2.05) is 42.5 Å². The van der Waals surface area contributed by atoms with Crippen molar-refractivity contribution in [3.8, 4) is 0 Å². The van der Waals surface area contributed by atoms with Gasteiger partial charge in [0.2, 0.25) is 11.8 Å². The molecule has 0 unspecified atom stereocenters. The predicted octanol–water partition coefficient (Wildman–Crippen LogP) is 3.84. The first-order valence-corrected chi connectivity index (χ1v) is 10.00. The van der Waals surface area contributed by atoms with Gasteiger partial charge in [-0.25, -0.2) is 4.98 Å². The van der Waals surface area contributed by atoms with Crippen LogP contribution in [0.25, 0.3) is 10.2 Å². The second-order valence-corrected chi connectivity index (χ2v) is 7.88. The molecule has 1 aliphatic heterocycles. The fraction of sp³-hybridized carbons (Fsp3) is 0.286. The number of rotatable bonds is 5. The van der Waals surface area contributed by atoms with Crippen LogP contribution in [0, 0.1) is 0 Å². The van der Waals surface area contributed by atoms with Crippen molar-refractivity contribution in [2.45, 2.75) is 25.7 Å². The Morgan fingerprint density at radius 1 is 1.11 bits per heavy atom. The molecule has 1 aromatic heterocycles. The molecule has 0 atom stereocenters. The van der Waals surface area contributed by atoms with Gasteiger partial charge in [0.05, 0.1) is 21.8 Å². The lowest BCUT2D eigenvalue weighted by atomic mass is 10.1. The summed E-state index contributed by atoms with van der Waals surface area (Å²) in [4.78, 5) is 30.3. The Morgan fingerprint density at radius 3 is 2.70 bits per heavy atom. The van der Waals surface area contributed by atoms with Crippen LogP contribution in [-0.4, -0.2) is 34.8 Å². The molecular weight excluding hydrogens is 358 g/mol. The zero-order chi connectivity index (χ0) is 18.6. The normalized spacial score (nSPS) is 14.5. The third kappa shape index (κ3) is 4.34. The van der Waals surface area contributed by atoms with Crippen LogP contribution >= 0.6 is 11.3 Å². The number of aromatic nitrogens is 1. The standard InChI is InChI=1S/C21H21N3O2S/c25-19(14-24-12-4-3-7-21(24)26)22-16-10-8-15(9-11-16)13-20-23-17-5-1-2-6-18(17)27-20/h1-2,5-6,8-11H,3-4,7,12-14H2,(H,22,25). The Bertz CT molecular complexity index is 932. The Labute approximate surface area is 162 Å². The molecule has 2 amide bonds. The summed E-state index contributed by atoms with van der Waals surface area (Å²) in [6.45, 7) is 0.805. The second kappa shape index (κ2) is 7.88. The van der Waals surface area contributed by atoms with Gasteiger partial charge < -0.3 is 10.2 Å². The summed E-state index contributed by atoms with van der Waals surface area (Å²) in [5.41, 5.74) is 2.93. The van der Waals surface area contributed by atoms with E-state index >= 15 is 0 Å². The minimum absolute atomic E-state index is 0.0718. The summed E-state index contributed by atoms with van der Waals surface area (Å²) in [5.74, 6) is -0.0771. The molecule has 2 heterocycles. The average molecular weight is 379 g/mol. The highest BCUT2D eigenvalue weighted by Crippen LogP contribution is 2.24. The fourth-order valence-corrected chi connectivity index (χ4v) is 4.28. The SMILES string of the molecule is O=C(CN1CCCCC1=O)Nc1ccc(Cc2nc3ccccc3s2)cc1. The van der Waals surface area contributed by atoms with Crippen LogP contribution in [-0.2, 0) is 16.0 Å². The van der Waals surface area contributed by atoms with E-state index in [4.69, 9.17) is 0 Å². The summed E-state index contributed by atoms with van der Waals surface area (Å²) < 4.78 is 1.20. The minimum Gasteiger partial charge on any atom is -0.333 e. The molecule has 6 heteroatoms. The molecule has 138 valence electrons. The number of hydrogen-bond donors (Lipinski definition) is 1. The second-order valence-electron chi connectivity index (χ2n) is 6.77. The van der Waals surface area contributed by atoms with E-state index in [0.29, 0.717) is 13.0 Å². The third-order valence-electron chi connectivity index (χ3n) is 4.69. The van der Waals surface area contributed by atoms with Gasteiger partial charge in [0, 0.05) is 25.1 Å². The lowest BCUT2D eigenvalue weighted by Crippen LogP contribution is -2.40. The topological polar surface area (TPSA) is 62.3 Å². The molecule has 0 spiro atoms. The maximum atomic E-state index is 12.2. The quantitative estimate of drug-likeness (QED) is 0.733. The molecule has 0 bridgehead atoms. The number of para-hydroxylation sites is 1. The number of fused-ring (bicyclic) bond motifs is 1. The zero-order valence-electron chi connectivity index (χ0n) is 15.0. The molecule has 1 aliphatic rings. The highest BCUT2D eigenvalue weighted by Gasteiger charge is 2.20. The van der Waals surface area contributed by atoms with E-state index in [9.17, 15) is 9.59 Å². The molecule has 3 aromatic rings. The van der Waals surface area contributed by atoms with Gasteiger partial charge in [-0.1, -0.05) is 24.3 Å². The first-order valence-electron chi connectivity index (χ1n) is 9.18. The van der Waals surface area contributed by atoms with Crippen molar-refractivity contribution in [3.05, 3.63) is 59.1 Å². The zero-order valence-corrected chi connectivity index (χ0v) is 15.8. The monoisotopic (exact) mass is 379 g/mol. The van der Waals surface area contributed by atoms with Gasteiger partial charge in [-0.3, -0.25) is 9.59 Å². The summed E-state index contributed by atoms with van der Waals surface area (Å²) in [5, 5.41) is 3.96. The van der Waals surface area contributed by atoms with Gasteiger partial charge in [0.25, 0.3) is 0 Å². The first-order chi connectivity index (χ1) is 13.2. The summed E-state index contributed by atoms with van der Waals surface area (Å²) >= 11 is 1.71. The van der Waals surface area contributed by atoms with Crippen molar-refractivity contribution < 1.29 is 9.59 Å². The molecular formula is C21H21N3O2S. The first kappa shape index (κ1) is 17.7. The highest BCUT2D eigenvalue weighted by molar-refractivity contribution is 7.18. The summed E-state index contributed by atoms with van der Waals surface area (Å²) in [6.07, 6.45) is 3.22. The van der Waals surface area contributed by atoms with Gasteiger partial charge in [-0.05, 0) is 42.7 Å². The molecule has 0 aliphatic carbocycles. The van der Waals surface area contributed by atoms with Crippen LogP contribution in [0.2, 0.25) is 0 Å². The molecule has 2 aromatic carbocycles. The molecule has 27 heavy (non-hydrogen) atoms. The number of likely N-dealkylation sites (tertiary alicyclic amines) is 1. The van der Waals surface area contributed by atoms with Crippen LogP contribution in [0.1, 0.15) is 29.8 Å². The molecule has 0 radical (unpaired) electrons. The summed E-state index contributed by atoms with van der Waals surface area (Å²) in [7, 11) is 0. The van der Waals surface area contributed by atoms with Crippen LogP contribution in [0.4, 0.5) is 5.69 Å². The van der Waals surface area contributed by atoms with Crippen molar-refractivity contribution >= 4 is 39.1 Å². The number of nitrogens with zero attached hydrogens (tertiary/aromatic N) is 2. The largest absolute Gasteiger partial charge is 0.333 e. The van der Waals surface area contributed by atoms with Crippen LogP contribution < -0.4 is 5.32 Å². The number of thiazole rings is 1. The van der Waals surface area contributed by atoms with E-state index in [1.54, 1.807) is 16.2 Å². The van der Waals surface area contributed by atoms with Crippen LogP contribution in [0.15, 0.2) is 48.5 Å².